The second-order valence-corrected chi connectivity index (χ2v) is 20.0. The lowest BCUT2D eigenvalue weighted by Gasteiger charge is -2.46. The highest BCUT2D eigenvalue weighted by Crippen LogP contribution is 2.50. The largest absolute Gasteiger partial charge is 0.489 e. The maximum absolute atomic E-state index is 13.0. The molecule has 374 valence electrons. The zero-order valence-electron chi connectivity index (χ0n) is 41.4. The van der Waals surface area contributed by atoms with Crippen molar-refractivity contribution in [2.45, 2.75) is 75.2 Å². The highest BCUT2D eigenvalue weighted by atomic mass is 32.2. The Morgan fingerprint density at radius 1 is 0.459 bits per heavy atom. The van der Waals surface area contributed by atoms with Crippen molar-refractivity contribution in [3.05, 3.63) is 274 Å². The second kappa shape index (κ2) is 24.6. The number of ether oxygens (including phenoxy) is 6. The summed E-state index contributed by atoms with van der Waals surface area (Å²) in [5.41, 5.74) is 10.3. The summed E-state index contributed by atoms with van der Waals surface area (Å²) in [7, 11) is 0. The van der Waals surface area contributed by atoms with Gasteiger partial charge < -0.3 is 28.4 Å². The summed E-state index contributed by atoms with van der Waals surface area (Å²) in [6.45, 7) is 4.26. The Balaban J connectivity index is 1.01. The number of hydrogen-bond acceptors (Lipinski definition) is 9. The number of carbonyl (C=O) groups excluding carboxylic acids is 2. The molecule has 0 spiro atoms. The molecule has 8 aromatic rings. The minimum absolute atomic E-state index is 0.183. The van der Waals surface area contributed by atoms with Crippen molar-refractivity contribution in [3.63, 3.8) is 0 Å². The summed E-state index contributed by atoms with van der Waals surface area (Å²) in [6, 6.07) is 70.4. The van der Waals surface area contributed by atoms with Crippen LogP contribution in [0.2, 0.25) is 0 Å². The molecule has 2 aliphatic rings. The number of thioether (sulfide) groups is 1. The molecule has 1 saturated heterocycles. The molecule has 0 aliphatic carbocycles. The first-order chi connectivity index (χ1) is 36.4. The Bertz CT molecular complexity index is 3040. The molecule has 74 heavy (non-hydrogen) atoms. The molecule has 2 amide bonds. The highest BCUT2D eigenvalue weighted by molar-refractivity contribution is 8.00. The summed E-state index contributed by atoms with van der Waals surface area (Å²) in [6.07, 6.45) is -0.876. The number of rotatable bonds is 22. The number of nitrogens with zero attached hydrogens (tertiary/aromatic N) is 1. The van der Waals surface area contributed by atoms with Gasteiger partial charge in [0, 0.05) is 5.56 Å². The summed E-state index contributed by atoms with van der Waals surface area (Å²) < 4.78 is 41.2. The minimum Gasteiger partial charge on any atom is -0.489 e. The molecular formula is C64H59NO8S. The zero-order valence-corrected chi connectivity index (χ0v) is 42.2. The topological polar surface area (TPSA) is 92.8 Å². The number of amides is 2. The quantitative estimate of drug-likeness (QED) is 0.0616. The number of imide groups is 1. The maximum Gasteiger partial charge on any atom is 0.264 e. The van der Waals surface area contributed by atoms with Crippen molar-refractivity contribution in [3.8, 4) is 11.5 Å². The lowest BCUT2D eigenvalue weighted by atomic mass is 9.91. The summed E-state index contributed by atoms with van der Waals surface area (Å²) in [5.74, 6) is 0.607. The van der Waals surface area contributed by atoms with Gasteiger partial charge in [0.2, 0.25) is 0 Å². The lowest BCUT2D eigenvalue weighted by Crippen LogP contribution is -2.54. The average molecular weight is 1000 g/mol. The van der Waals surface area contributed by atoms with E-state index >= 15 is 0 Å². The van der Waals surface area contributed by atoms with Crippen molar-refractivity contribution in [2.75, 3.05) is 13.3 Å². The Morgan fingerprint density at radius 2 is 0.919 bits per heavy atom. The SMILES string of the molecule is Cc1cc(OCc2ccccc2)c([C@@H]2S[C@H](COCc3ccccc3)[C@@H](OCc3ccccc3)[C@H](OCc3ccccc3)[C@H]2OCc2ccccc2)cc1Cc1ccc(OCN2C(=O)c3ccccc3C2=O)cc1. The first-order valence-electron chi connectivity index (χ1n) is 25.1. The molecule has 2 heterocycles. The van der Waals surface area contributed by atoms with Gasteiger partial charge in [0.25, 0.3) is 11.8 Å². The van der Waals surface area contributed by atoms with Crippen molar-refractivity contribution >= 4 is 23.6 Å². The normalized spacial score (nSPS) is 18.3. The van der Waals surface area contributed by atoms with Gasteiger partial charge >= 0.3 is 0 Å². The molecule has 0 saturated carbocycles. The molecule has 0 radical (unpaired) electrons. The molecule has 0 N–H and O–H groups in total. The van der Waals surface area contributed by atoms with Gasteiger partial charge in [-0.25, -0.2) is 4.90 Å². The molecule has 10 heteroatoms. The number of aryl methyl sites for hydroxylation is 1. The van der Waals surface area contributed by atoms with Crippen LogP contribution < -0.4 is 9.47 Å². The van der Waals surface area contributed by atoms with Gasteiger partial charge in [0.1, 0.15) is 36.4 Å². The summed E-state index contributed by atoms with van der Waals surface area (Å²) in [4.78, 5) is 27.2. The van der Waals surface area contributed by atoms with Crippen LogP contribution in [0, 0.1) is 6.92 Å². The van der Waals surface area contributed by atoms with E-state index in [0.717, 1.165) is 60.7 Å². The first kappa shape index (κ1) is 50.2. The van der Waals surface area contributed by atoms with E-state index in [1.807, 2.05) is 115 Å². The lowest BCUT2D eigenvalue weighted by molar-refractivity contribution is -0.160. The standard InChI is InChI=1S/C64H59NO8S/c1-45-35-57(69-39-48-21-9-3-10-22-48)56(37-52(45)36-46-31-33-53(34-32-46)73-44-65-63(66)54-29-17-18-30-55(54)64(65)67)62-61(72-42-51-27-15-6-16-28-51)60(71-41-50-25-13-5-14-26-50)59(70-40-49-23-11-4-12-24-49)58(74-62)43-68-38-47-19-7-2-8-20-47/h2-35,37,58-62H,36,38-44H2,1H3/t58-,59-,60+,61-,62+/m1/s1. The van der Waals surface area contributed by atoms with Crippen LogP contribution in [-0.4, -0.2) is 53.6 Å². The van der Waals surface area contributed by atoms with E-state index in [4.69, 9.17) is 28.4 Å². The van der Waals surface area contributed by atoms with E-state index < -0.39 is 18.3 Å². The second-order valence-electron chi connectivity index (χ2n) is 18.6. The number of hydrogen-bond donors (Lipinski definition) is 0. The predicted molar refractivity (Wildman–Crippen MR) is 289 cm³/mol. The third kappa shape index (κ3) is 12.5. The third-order valence-electron chi connectivity index (χ3n) is 13.5. The Kier molecular flexibility index (Phi) is 16.7. The van der Waals surface area contributed by atoms with Crippen molar-refractivity contribution in [1.29, 1.82) is 0 Å². The number of benzene rings is 8. The monoisotopic (exact) mass is 1000 g/mol. The van der Waals surface area contributed by atoms with Gasteiger partial charge in [0.15, 0.2) is 6.73 Å². The molecule has 9 nitrogen and oxygen atoms in total. The van der Waals surface area contributed by atoms with Crippen LogP contribution in [-0.2, 0) is 58.4 Å². The van der Waals surface area contributed by atoms with Crippen LogP contribution in [0.5, 0.6) is 11.5 Å². The Labute approximate surface area is 438 Å². The van der Waals surface area contributed by atoms with Gasteiger partial charge in [-0.1, -0.05) is 182 Å². The van der Waals surface area contributed by atoms with Crippen LogP contribution in [0.4, 0.5) is 0 Å². The van der Waals surface area contributed by atoms with Crippen molar-refractivity contribution in [2.24, 2.45) is 0 Å². The van der Waals surface area contributed by atoms with E-state index in [9.17, 15) is 9.59 Å². The smallest absolute Gasteiger partial charge is 0.264 e. The molecular weight excluding hydrogens is 943 g/mol. The predicted octanol–water partition coefficient (Wildman–Crippen LogP) is 12.9. The number of carbonyl (C=O) groups is 2. The van der Waals surface area contributed by atoms with Crippen LogP contribution in [0.25, 0.3) is 0 Å². The molecule has 10 rings (SSSR count). The van der Waals surface area contributed by atoms with Crippen LogP contribution in [0.1, 0.15) is 76.0 Å². The van der Waals surface area contributed by atoms with E-state index in [1.54, 1.807) is 36.0 Å². The van der Waals surface area contributed by atoms with Gasteiger partial charge in [-0.15, -0.1) is 11.8 Å². The molecule has 0 bridgehead atoms. The van der Waals surface area contributed by atoms with E-state index in [0.29, 0.717) is 62.9 Å². The number of fused-ring (bicyclic) bond motifs is 1. The zero-order chi connectivity index (χ0) is 50.5. The molecule has 1 fully saturated rings. The summed E-state index contributed by atoms with van der Waals surface area (Å²) in [5, 5.41) is -0.492. The van der Waals surface area contributed by atoms with Gasteiger partial charge in [0.05, 0.1) is 54.7 Å². The van der Waals surface area contributed by atoms with Crippen molar-refractivity contribution < 1.29 is 38.0 Å². The van der Waals surface area contributed by atoms with E-state index in [-0.39, 0.29) is 29.0 Å². The fourth-order valence-electron chi connectivity index (χ4n) is 9.48. The Hall–Kier alpha value is -7.31. The van der Waals surface area contributed by atoms with E-state index in [2.05, 4.69) is 79.7 Å². The van der Waals surface area contributed by atoms with Crippen LogP contribution >= 0.6 is 11.8 Å². The fourth-order valence-corrected chi connectivity index (χ4v) is 11.1. The minimum atomic E-state index is -0.543. The average Bonchev–Trinajstić information content (AvgIpc) is 3.69. The molecule has 2 aliphatic heterocycles. The molecule has 5 atom stereocenters. The third-order valence-corrected chi connectivity index (χ3v) is 15.0. The van der Waals surface area contributed by atoms with E-state index in [1.165, 1.54) is 0 Å². The maximum atomic E-state index is 13.0. The van der Waals surface area contributed by atoms with Crippen LogP contribution in [0.15, 0.2) is 212 Å². The van der Waals surface area contributed by atoms with Gasteiger partial charge in [-0.2, -0.15) is 0 Å². The highest BCUT2D eigenvalue weighted by Gasteiger charge is 2.49. The van der Waals surface area contributed by atoms with Gasteiger partial charge in [-0.3, -0.25) is 9.59 Å². The summed E-state index contributed by atoms with van der Waals surface area (Å²) >= 11 is 1.80. The van der Waals surface area contributed by atoms with Gasteiger partial charge in [-0.05, 0) is 88.2 Å². The molecule has 8 aromatic carbocycles. The fraction of sp³-hybridized carbons (Fsp3) is 0.219. The first-order valence-corrected chi connectivity index (χ1v) is 26.1. The van der Waals surface area contributed by atoms with Crippen molar-refractivity contribution in [1.82, 2.24) is 4.90 Å². The molecule has 0 aromatic heterocycles. The molecule has 0 unspecified atom stereocenters. The van der Waals surface area contributed by atoms with Crippen LogP contribution in [0.3, 0.4) is 0 Å². The Morgan fingerprint density at radius 3 is 1.45 bits per heavy atom.